The molecule has 5 heteroatoms. The number of benzene rings is 2. The van der Waals surface area contributed by atoms with Gasteiger partial charge in [-0.3, -0.25) is 0 Å². The Labute approximate surface area is 172 Å². The third-order valence-electron chi connectivity index (χ3n) is 5.84. The quantitative estimate of drug-likeness (QED) is 0.717. The molecule has 148 valence electrons. The first-order chi connectivity index (χ1) is 13.6. The standard InChI is InChI=1S/C23H27ClN2O2/c1-25-13-10-18-14-21(24)22(28-23(27)26-11-6-3-7-12-26)15-19(18)20(16-25)17-8-4-2-5-9-17/h2,4-5,8-9,14-15,20H,3,6-7,10-13,16H2,1H3/t20-/m0/s1. The summed E-state index contributed by atoms with van der Waals surface area (Å²) in [4.78, 5) is 16.7. The van der Waals surface area contributed by atoms with Gasteiger partial charge in [0.05, 0.1) is 5.02 Å². The second-order valence-corrected chi connectivity index (χ2v) is 8.28. The Morgan fingerprint density at radius 3 is 2.57 bits per heavy atom. The van der Waals surface area contributed by atoms with Crippen LogP contribution >= 0.6 is 11.6 Å². The van der Waals surface area contributed by atoms with E-state index in [4.69, 9.17) is 16.3 Å². The lowest BCUT2D eigenvalue weighted by Gasteiger charge is -2.26. The van der Waals surface area contributed by atoms with Crippen LogP contribution in [0.5, 0.6) is 5.75 Å². The van der Waals surface area contributed by atoms with Crippen molar-refractivity contribution in [3.05, 3.63) is 64.2 Å². The number of hydrogen-bond acceptors (Lipinski definition) is 3. The van der Waals surface area contributed by atoms with Gasteiger partial charge in [0.1, 0.15) is 0 Å². The molecule has 2 aliphatic rings. The van der Waals surface area contributed by atoms with E-state index in [1.54, 1.807) is 4.90 Å². The summed E-state index contributed by atoms with van der Waals surface area (Å²) in [5, 5.41) is 0.514. The van der Waals surface area contributed by atoms with Crippen LogP contribution < -0.4 is 4.74 Å². The lowest BCUT2D eigenvalue weighted by atomic mass is 9.88. The normalized spacial score (nSPS) is 20.4. The van der Waals surface area contributed by atoms with Crippen molar-refractivity contribution in [3.8, 4) is 5.75 Å². The van der Waals surface area contributed by atoms with Gasteiger partial charge in [-0.25, -0.2) is 4.79 Å². The molecule has 2 heterocycles. The SMILES string of the molecule is CN1CCc2cc(Cl)c(OC(=O)N3CCCCC3)cc2[C@H](c2ccccc2)C1. The summed E-state index contributed by atoms with van der Waals surface area (Å²) in [5.41, 5.74) is 3.72. The Hall–Kier alpha value is -2.04. The molecule has 1 amide bonds. The smallest absolute Gasteiger partial charge is 0.409 e. The monoisotopic (exact) mass is 398 g/mol. The number of piperidine rings is 1. The lowest BCUT2D eigenvalue weighted by Crippen LogP contribution is -2.37. The molecule has 0 saturated carbocycles. The fourth-order valence-electron chi connectivity index (χ4n) is 4.25. The van der Waals surface area contributed by atoms with E-state index in [2.05, 4.69) is 36.2 Å². The van der Waals surface area contributed by atoms with Crippen molar-refractivity contribution < 1.29 is 9.53 Å². The second-order valence-electron chi connectivity index (χ2n) is 7.87. The number of carbonyl (C=O) groups is 1. The van der Waals surface area contributed by atoms with Crippen molar-refractivity contribution in [2.24, 2.45) is 0 Å². The molecule has 1 atom stereocenters. The summed E-state index contributed by atoms with van der Waals surface area (Å²) in [6.45, 7) is 3.44. The third-order valence-corrected chi connectivity index (χ3v) is 6.14. The fraction of sp³-hybridized carbons (Fsp3) is 0.435. The van der Waals surface area contributed by atoms with Crippen molar-refractivity contribution in [1.82, 2.24) is 9.80 Å². The maximum Gasteiger partial charge on any atom is 0.415 e. The number of fused-ring (bicyclic) bond motifs is 1. The Kier molecular flexibility index (Phi) is 5.88. The molecular weight excluding hydrogens is 372 g/mol. The molecule has 0 N–H and O–H groups in total. The summed E-state index contributed by atoms with van der Waals surface area (Å²) in [5.74, 6) is 0.704. The number of rotatable bonds is 2. The first kappa shape index (κ1) is 19.3. The second kappa shape index (κ2) is 8.54. The summed E-state index contributed by atoms with van der Waals surface area (Å²) in [7, 11) is 2.15. The van der Waals surface area contributed by atoms with Crippen LogP contribution in [0.4, 0.5) is 4.79 Å². The molecule has 0 aromatic heterocycles. The highest BCUT2D eigenvalue weighted by Crippen LogP contribution is 2.37. The maximum atomic E-state index is 12.6. The number of likely N-dealkylation sites (N-methyl/N-ethyl adjacent to an activating group) is 1. The van der Waals surface area contributed by atoms with Gasteiger partial charge in [0.25, 0.3) is 0 Å². The Balaban J connectivity index is 1.66. The van der Waals surface area contributed by atoms with Gasteiger partial charge in [0.15, 0.2) is 5.75 Å². The van der Waals surface area contributed by atoms with Crippen LogP contribution in [0.1, 0.15) is 41.9 Å². The molecule has 4 nitrogen and oxygen atoms in total. The van der Waals surface area contributed by atoms with Crippen LogP contribution in [0, 0.1) is 0 Å². The molecule has 0 aliphatic carbocycles. The molecule has 2 aliphatic heterocycles. The van der Waals surface area contributed by atoms with Crippen molar-refractivity contribution in [3.63, 3.8) is 0 Å². The largest absolute Gasteiger partial charge is 0.415 e. The number of hydrogen-bond donors (Lipinski definition) is 0. The molecule has 1 fully saturated rings. The minimum Gasteiger partial charge on any atom is -0.409 e. The van der Waals surface area contributed by atoms with Crippen molar-refractivity contribution in [2.75, 3.05) is 33.2 Å². The van der Waals surface area contributed by atoms with Gasteiger partial charge in [0.2, 0.25) is 0 Å². The van der Waals surface area contributed by atoms with E-state index in [-0.39, 0.29) is 12.0 Å². The van der Waals surface area contributed by atoms with E-state index in [0.717, 1.165) is 45.4 Å². The molecule has 0 unspecified atom stereocenters. The van der Waals surface area contributed by atoms with Crippen LogP contribution in [-0.2, 0) is 6.42 Å². The van der Waals surface area contributed by atoms with Gasteiger partial charge < -0.3 is 14.5 Å². The first-order valence-corrected chi connectivity index (χ1v) is 10.5. The van der Waals surface area contributed by atoms with Gasteiger partial charge in [-0.15, -0.1) is 0 Å². The van der Waals surface area contributed by atoms with Crippen molar-refractivity contribution in [1.29, 1.82) is 0 Å². The zero-order valence-corrected chi connectivity index (χ0v) is 17.1. The molecule has 2 aromatic carbocycles. The first-order valence-electron chi connectivity index (χ1n) is 10.1. The van der Waals surface area contributed by atoms with Gasteiger partial charge in [0, 0.05) is 32.1 Å². The zero-order chi connectivity index (χ0) is 19.5. The predicted molar refractivity (Wildman–Crippen MR) is 112 cm³/mol. The third kappa shape index (κ3) is 4.18. The van der Waals surface area contributed by atoms with Crippen molar-refractivity contribution >= 4 is 17.7 Å². The van der Waals surface area contributed by atoms with E-state index in [9.17, 15) is 4.79 Å². The Morgan fingerprint density at radius 2 is 1.82 bits per heavy atom. The van der Waals surface area contributed by atoms with Crippen LogP contribution in [-0.4, -0.2) is 49.1 Å². The molecule has 0 spiro atoms. The minimum absolute atomic E-state index is 0.230. The summed E-state index contributed by atoms with van der Waals surface area (Å²) in [6.07, 6.45) is 3.90. The van der Waals surface area contributed by atoms with Gasteiger partial charge in [-0.05, 0) is 61.6 Å². The Bertz CT molecular complexity index is 834. The van der Waals surface area contributed by atoms with Crippen LogP contribution in [0.2, 0.25) is 5.02 Å². The van der Waals surface area contributed by atoms with E-state index in [1.165, 1.54) is 23.1 Å². The molecule has 0 bridgehead atoms. The highest BCUT2D eigenvalue weighted by Gasteiger charge is 2.26. The predicted octanol–water partition coefficient (Wildman–Crippen LogP) is 4.94. The number of ether oxygens (including phenoxy) is 1. The fourth-order valence-corrected chi connectivity index (χ4v) is 4.47. The van der Waals surface area contributed by atoms with Gasteiger partial charge in [-0.2, -0.15) is 0 Å². The molecular formula is C23H27ClN2O2. The topological polar surface area (TPSA) is 32.8 Å². The van der Waals surface area contributed by atoms with Gasteiger partial charge in [-0.1, -0.05) is 41.9 Å². The molecule has 0 radical (unpaired) electrons. The highest BCUT2D eigenvalue weighted by molar-refractivity contribution is 6.32. The lowest BCUT2D eigenvalue weighted by molar-refractivity contribution is 0.142. The minimum atomic E-state index is -0.288. The molecule has 1 saturated heterocycles. The average Bonchev–Trinajstić information content (AvgIpc) is 2.88. The zero-order valence-electron chi connectivity index (χ0n) is 16.4. The molecule has 2 aromatic rings. The number of carbonyl (C=O) groups excluding carboxylic acids is 1. The summed E-state index contributed by atoms with van der Waals surface area (Å²) in [6, 6.07) is 14.5. The number of nitrogens with zero attached hydrogens (tertiary/aromatic N) is 2. The van der Waals surface area contributed by atoms with Crippen LogP contribution in [0.3, 0.4) is 0 Å². The average molecular weight is 399 g/mol. The number of likely N-dealkylation sites (tertiary alicyclic amines) is 1. The van der Waals surface area contributed by atoms with E-state index >= 15 is 0 Å². The molecule has 4 rings (SSSR count). The highest BCUT2D eigenvalue weighted by atomic mass is 35.5. The van der Waals surface area contributed by atoms with E-state index in [1.807, 2.05) is 18.2 Å². The maximum absolute atomic E-state index is 12.6. The number of halogens is 1. The van der Waals surface area contributed by atoms with E-state index in [0.29, 0.717) is 10.8 Å². The summed E-state index contributed by atoms with van der Waals surface area (Å²) >= 11 is 6.52. The Morgan fingerprint density at radius 1 is 1.07 bits per heavy atom. The van der Waals surface area contributed by atoms with E-state index < -0.39 is 0 Å². The van der Waals surface area contributed by atoms with Crippen LogP contribution in [0.25, 0.3) is 0 Å². The van der Waals surface area contributed by atoms with Crippen LogP contribution in [0.15, 0.2) is 42.5 Å². The summed E-state index contributed by atoms with van der Waals surface area (Å²) < 4.78 is 5.74. The van der Waals surface area contributed by atoms with Gasteiger partial charge >= 0.3 is 6.09 Å². The molecule has 28 heavy (non-hydrogen) atoms. The van der Waals surface area contributed by atoms with Crippen molar-refractivity contribution in [2.45, 2.75) is 31.6 Å². The number of amides is 1.